The number of rotatable bonds is 6. The van der Waals surface area contributed by atoms with Crippen LogP contribution in [0.5, 0.6) is 23.0 Å². The van der Waals surface area contributed by atoms with E-state index in [1.54, 1.807) is 27.6 Å². The first-order valence-electron chi connectivity index (χ1n) is 6.88. The number of hydrogen-bond donors (Lipinski definition) is 0. The van der Waals surface area contributed by atoms with Crippen LogP contribution in [0.25, 0.3) is 5.57 Å². The highest BCUT2D eigenvalue weighted by atomic mass is 16.5. The van der Waals surface area contributed by atoms with E-state index in [-0.39, 0.29) is 0 Å². The molecule has 4 heteroatoms. The minimum atomic E-state index is 0.671. The van der Waals surface area contributed by atoms with Gasteiger partial charge >= 0.3 is 0 Å². The fourth-order valence-corrected chi connectivity index (χ4v) is 2.02. The van der Waals surface area contributed by atoms with Gasteiger partial charge in [0.05, 0.1) is 27.6 Å². The highest BCUT2D eigenvalue weighted by Crippen LogP contribution is 2.31. The molecule has 0 bridgehead atoms. The summed E-state index contributed by atoms with van der Waals surface area (Å²) in [5.74, 6) is 2.75. The summed E-state index contributed by atoms with van der Waals surface area (Å²) < 4.78 is 21.5. The van der Waals surface area contributed by atoms with Gasteiger partial charge in [0.25, 0.3) is 0 Å². The van der Waals surface area contributed by atoms with Crippen molar-refractivity contribution in [2.75, 3.05) is 21.3 Å². The Labute approximate surface area is 130 Å². The second kappa shape index (κ2) is 7.41. The molecule has 0 aromatic heterocycles. The van der Waals surface area contributed by atoms with Gasteiger partial charge in [-0.1, -0.05) is 18.2 Å². The van der Waals surface area contributed by atoms with Crippen molar-refractivity contribution < 1.29 is 18.9 Å². The van der Waals surface area contributed by atoms with E-state index in [2.05, 4.69) is 0 Å². The lowest BCUT2D eigenvalue weighted by atomic mass is 10.1. The predicted molar refractivity (Wildman–Crippen MR) is 86.8 cm³/mol. The molecule has 0 saturated heterocycles. The van der Waals surface area contributed by atoms with Gasteiger partial charge < -0.3 is 18.9 Å². The van der Waals surface area contributed by atoms with Crippen molar-refractivity contribution in [3.05, 3.63) is 54.3 Å². The first-order valence-corrected chi connectivity index (χ1v) is 6.88. The van der Waals surface area contributed by atoms with Crippen molar-refractivity contribution >= 4 is 5.57 Å². The maximum absolute atomic E-state index is 5.72. The minimum absolute atomic E-state index is 0.671. The Morgan fingerprint density at radius 3 is 2.00 bits per heavy atom. The molecule has 0 aliphatic carbocycles. The summed E-state index contributed by atoms with van der Waals surface area (Å²) in [6.07, 6.45) is 1.69. The normalized spacial score (nSPS) is 11.0. The van der Waals surface area contributed by atoms with Crippen LogP contribution in [0.2, 0.25) is 0 Å². The quantitative estimate of drug-likeness (QED) is 0.751. The molecule has 0 aliphatic rings. The van der Waals surface area contributed by atoms with Gasteiger partial charge in [-0.2, -0.15) is 0 Å². The molecular weight excluding hydrogens is 280 g/mol. The molecule has 2 rings (SSSR count). The fraction of sp³-hybridized carbons (Fsp3) is 0.222. The van der Waals surface area contributed by atoms with Gasteiger partial charge in [0.2, 0.25) is 0 Å². The van der Waals surface area contributed by atoms with E-state index in [1.165, 1.54) is 0 Å². The Kier molecular flexibility index (Phi) is 5.31. The van der Waals surface area contributed by atoms with Crippen molar-refractivity contribution in [1.29, 1.82) is 0 Å². The average molecular weight is 300 g/mol. The van der Waals surface area contributed by atoms with Crippen LogP contribution in [-0.4, -0.2) is 21.3 Å². The van der Waals surface area contributed by atoms with Crippen molar-refractivity contribution in [3.8, 4) is 23.0 Å². The van der Waals surface area contributed by atoms with Gasteiger partial charge in [-0.25, -0.2) is 0 Å². The molecule has 2 aromatic carbocycles. The summed E-state index contributed by atoms with van der Waals surface area (Å²) in [4.78, 5) is 0. The van der Waals surface area contributed by atoms with Crippen LogP contribution in [0.3, 0.4) is 0 Å². The molecule has 0 spiro atoms. The van der Waals surface area contributed by atoms with Crippen LogP contribution >= 0.6 is 0 Å². The van der Waals surface area contributed by atoms with E-state index in [0.717, 1.165) is 11.1 Å². The lowest BCUT2D eigenvalue weighted by molar-refractivity contribution is 0.355. The number of para-hydroxylation sites is 2. The summed E-state index contributed by atoms with van der Waals surface area (Å²) in [5, 5.41) is 0. The van der Waals surface area contributed by atoms with Crippen molar-refractivity contribution in [2.45, 2.75) is 6.92 Å². The SMILES string of the molecule is COc1ccc(/C(C)=C/Oc2ccccc2OC)cc1OC. The second-order valence-electron chi connectivity index (χ2n) is 4.64. The first kappa shape index (κ1) is 15.8. The lowest BCUT2D eigenvalue weighted by Crippen LogP contribution is -1.93. The minimum Gasteiger partial charge on any atom is -0.493 e. The zero-order valence-corrected chi connectivity index (χ0v) is 13.3. The van der Waals surface area contributed by atoms with Crippen LogP contribution in [0.4, 0.5) is 0 Å². The summed E-state index contributed by atoms with van der Waals surface area (Å²) >= 11 is 0. The van der Waals surface area contributed by atoms with Crippen molar-refractivity contribution in [3.63, 3.8) is 0 Å². The van der Waals surface area contributed by atoms with E-state index in [0.29, 0.717) is 23.0 Å². The van der Waals surface area contributed by atoms with Crippen LogP contribution in [0, 0.1) is 0 Å². The molecule has 0 aliphatic heterocycles. The lowest BCUT2D eigenvalue weighted by Gasteiger charge is -2.11. The van der Waals surface area contributed by atoms with Gasteiger partial charge in [0, 0.05) is 0 Å². The van der Waals surface area contributed by atoms with Gasteiger partial charge in [-0.15, -0.1) is 0 Å². The van der Waals surface area contributed by atoms with Crippen LogP contribution < -0.4 is 18.9 Å². The first-order chi connectivity index (χ1) is 10.7. The molecule has 4 nitrogen and oxygen atoms in total. The largest absolute Gasteiger partial charge is 0.493 e. The van der Waals surface area contributed by atoms with Gasteiger partial charge in [-0.05, 0) is 42.3 Å². The smallest absolute Gasteiger partial charge is 0.168 e. The summed E-state index contributed by atoms with van der Waals surface area (Å²) in [5.41, 5.74) is 1.96. The van der Waals surface area contributed by atoms with E-state index >= 15 is 0 Å². The Morgan fingerprint density at radius 2 is 1.36 bits per heavy atom. The topological polar surface area (TPSA) is 36.9 Å². The monoisotopic (exact) mass is 300 g/mol. The molecule has 0 unspecified atom stereocenters. The zero-order valence-electron chi connectivity index (χ0n) is 13.3. The molecule has 22 heavy (non-hydrogen) atoms. The van der Waals surface area contributed by atoms with E-state index in [9.17, 15) is 0 Å². The molecule has 0 fully saturated rings. The summed E-state index contributed by atoms with van der Waals surface area (Å²) in [6.45, 7) is 1.97. The third-order valence-electron chi connectivity index (χ3n) is 3.27. The molecule has 0 heterocycles. The summed E-state index contributed by atoms with van der Waals surface area (Å²) in [6, 6.07) is 13.3. The molecule has 0 radical (unpaired) electrons. The van der Waals surface area contributed by atoms with Crippen LogP contribution in [-0.2, 0) is 0 Å². The van der Waals surface area contributed by atoms with E-state index in [1.807, 2.05) is 49.4 Å². The summed E-state index contributed by atoms with van der Waals surface area (Å²) in [7, 11) is 4.85. The Bertz CT molecular complexity index is 662. The number of benzene rings is 2. The van der Waals surface area contributed by atoms with Crippen LogP contribution in [0.1, 0.15) is 12.5 Å². The maximum atomic E-state index is 5.72. The number of allylic oxidation sites excluding steroid dienone is 1. The Balaban J connectivity index is 2.22. The Hall–Kier alpha value is -2.62. The molecule has 116 valence electrons. The second-order valence-corrected chi connectivity index (χ2v) is 4.64. The fourth-order valence-electron chi connectivity index (χ4n) is 2.02. The van der Waals surface area contributed by atoms with Gasteiger partial charge in [0.15, 0.2) is 23.0 Å². The van der Waals surface area contributed by atoms with E-state index < -0.39 is 0 Å². The Morgan fingerprint density at radius 1 is 0.773 bits per heavy atom. The van der Waals surface area contributed by atoms with Crippen molar-refractivity contribution in [2.24, 2.45) is 0 Å². The third kappa shape index (κ3) is 3.52. The molecular formula is C18H20O4. The molecule has 0 atom stereocenters. The molecule has 0 saturated carbocycles. The standard InChI is InChI=1S/C18H20O4/c1-13(12-22-17-8-6-5-7-15(17)19-2)14-9-10-16(20-3)18(11-14)21-4/h5-12H,1-4H3/b13-12+. The van der Waals surface area contributed by atoms with Gasteiger partial charge in [0.1, 0.15) is 0 Å². The zero-order chi connectivity index (χ0) is 15.9. The van der Waals surface area contributed by atoms with Crippen molar-refractivity contribution in [1.82, 2.24) is 0 Å². The highest BCUT2D eigenvalue weighted by Gasteiger charge is 2.06. The molecule has 0 amide bonds. The highest BCUT2D eigenvalue weighted by molar-refractivity contribution is 5.66. The number of ether oxygens (including phenoxy) is 4. The number of hydrogen-bond acceptors (Lipinski definition) is 4. The third-order valence-corrected chi connectivity index (χ3v) is 3.27. The van der Waals surface area contributed by atoms with E-state index in [4.69, 9.17) is 18.9 Å². The molecule has 0 N–H and O–H groups in total. The van der Waals surface area contributed by atoms with Crippen LogP contribution in [0.15, 0.2) is 48.7 Å². The average Bonchev–Trinajstić information content (AvgIpc) is 2.59. The molecule has 2 aromatic rings. The predicted octanol–water partition coefficient (Wildman–Crippen LogP) is 4.15. The maximum Gasteiger partial charge on any atom is 0.168 e. The van der Waals surface area contributed by atoms with Gasteiger partial charge in [-0.3, -0.25) is 0 Å². The number of methoxy groups -OCH3 is 3.